The Morgan fingerprint density at radius 3 is 2.46 bits per heavy atom. The first-order valence-electron chi connectivity index (χ1n) is 3.02. The molecule has 0 saturated carbocycles. The first kappa shape index (κ1) is 10.2. The molecule has 0 spiro atoms. The summed E-state index contributed by atoms with van der Waals surface area (Å²) < 4.78 is 57.7. The molecule has 13 heavy (non-hydrogen) atoms. The van der Waals surface area contributed by atoms with Crippen molar-refractivity contribution in [3.63, 3.8) is 0 Å². The lowest BCUT2D eigenvalue weighted by atomic mass is 10.4. The first-order chi connectivity index (χ1) is 5.82. The molecule has 0 N–H and O–H groups in total. The van der Waals surface area contributed by atoms with Gasteiger partial charge in [-0.1, -0.05) is 0 Å². The summed E-state index contributed by atoms with van der Waals surface area (Å²) in [6.07, 6.45) is -3.94. The SMILES string of the molecule is Cn1cc(S(=O)[O-])c(C(F)(F)F)n1. The Balaban J connectivity index is 3.28. The minimum Gasteiger partial charge on any atom is -0.768 e. The fourth-order valence-corrected chi connectivity index (χ4v) is 1.34. The number of halogens is 3. The van der Waals surface area contributed by atoms with Gasteiger partial charge in [0.15, 0.2) is 5.69 Å². The van der Waals surface area contributed by atoms with Crippen LogP contribution in [-0.4, -0.2) is 18.5 Å². The van der Waals surface area contributed by atoms with Crippen LogP contribution in [0.5, 0.6) is 0 Å². The van der Waals surface area contributed by atoms with Crippen LogP contribution in [0.15, 0.2) is 11.1 Å². The number of rotatable bonds is 1. The van der Waals surface area contributed by atoms with Gasteiger partial charge in [-0.3, -0.25) is 8.89 Å². The summed E-state index contributed by atoms with van der Waals surface area (Å²) in [4.78, 5) is -0.838. The minimum atomic E-state index is -4.74. The van der Waals surface area contributed by atoms with Crippen LogP contribution in [0.2, 0.25) is 0 Å². The first-order valence-corrected chi connectivity index (χ1v) is 4.10. The smallest absolute Gasteiger partial charge is 0.436 e. The van der Waals surface area contributed by atoms with Crippen LogP contribution in [0.25, 0.3) is 0 Å². The maximum absolute atomic E-state index is 12.1. The fourth-order valence-electron chi connectivity index (χ4n) is 0.785. The van der Waals surface area contributed by atoms with Crippen molar-refractivity contribution in [3.8, 4) is 0 Å². The Morgan fingerprint density at radius 1 is 1.62 bits per heavy atom. The number of alkyl halides is 3. The molecule has 0 aromatic carbocycles. The summed E-state index contributed by atoms with van der Waals surface area (Å²) in [6.45, 7) is 0. The number of hydrogen-bond donors (Lipinski definition) is 0. The van der Waals surface area contributed by atoms with Gasteiger partial charge >= 0.3 is 6.18 Å². The molecule has 1 unspecified atom stereocenters. The van der Waals surface area contributed by atoms with Crippen LogP contribution < -0.4 is 0 Å². The van der Waals surface area contributed by atoms with E-state index in [1.165, 1.54) is 7.05 Å². The van der Waals surface area contributed by atoms with Gasteiger partial charge in [0, 0.05) is 13.2 Å². The van der Waals surface area contributed by atoms with Gasteiger partial charge in [-0.15, -0.1) is 0 Å². The molecule has 0 aliphatic rings. The quantitative estimate of drug-likeness (QED) is 0.644. The third kappa shape index (κ3) is 2.07. The molecule has 0 fully saturated rings. The molecule has 0 radical (unpaired) electrons. The molecule has 1 heterocycles. The minimum absolute atomic E-state index is 0.798. The average molecular weight is 213 g/mol. The van der Waals surface area contributed by atoms with E-state index >= 15 is 0 Å². The summed E-state index contributed by atoms with van der Waals surface area (Å²) >= 11 is -2.92. The second-order valence-electron chi connectivity index (χ2n) is 2.25. The number of hydrogen-bond acceptors (Lipinski definition) is 3. The highest BCUT2D eigenvalue weighted by Gasteiger charge is 2.37. The Hall–Kier alpha value is -0.890. The summed E-state index contributed by atoms with van der Waals surface area (Å²) in [7, 11) is 1.21. The Kier molecular flexibility index (Phi) is 2.44. The zero-order chi connectivity index (χ0) is 10.2. The summed E-state index contributed by atoms with van der Waals surface area (Å²) in [5.74, 6) is 0. The van der Waals surface area contributed by atoms with Gasteiger partial charge in [0.05, 0.1) is 4.90 Å². The summed E-state index contributed by atoms with van der Waals surface area (Å²) in [5.41, 5.74) is -1.39. The second-order valence-corrected chi connectivity index (χ2v) is 3.16. The van der Waals surface area contributed by atoms with Gasteiger partial charge < -0.3 is 4.55 Å². The van der Waals surface area contributed by atoms with E-state index in [1.54, 1.807) is 0 Å². The highest BCUT2D eigenvalue weighted by Crippen LogP contribution is 2.31. The van der Waals surface area contributed by atoms with E-state index in [0.717, 1.165) is 10.9 Å². The van der Waals surface area contributed by atoms with Crippen LogP contribution in [0.4, 0.5) is 13.2 Å². The Bertz CT molecular complexity index is 346. The molecule has 1 atom stereocenters. The van der Waals surface area contributed by atoms with Gasteiger partial charge in [0.2, 0.25) is 0 Å². The van der Waals surface area contributed by atoms with E-state index in [2.05, 4.69) is 5.10 Å². The van der Waals surface area contributed by atoms with Crippen molar-refractivity contribution in [1.82, 2.24) is 9.78 Å². The van der Waals surface area contributed by atoms with E-state index in [9.17, 15) is 21.9 Å². The van der Waals surface area contributed by atoms with Crippen LogP contribution in [0, 0.1) is 0 Å². The predicted octanol–water partition coefficient (Wildman–Crippen LogP) is 0.677. The number of nitrogens with zero attached hydrogens (tertiary/aromatic N) is 2. The van der Waals surface area contributed by atoms with E-state index in [0.29, 0.717) is 0 Å². The topological polar surface area (TPSA) is 58.0 Å². The highest BCUT2D eigenvalue weighted by molar-refractivity contribution is 7.79. The zero-order valence-corrected chi connectivity index (χ0v) is 7.15. The molecule has 1 aromatic heterocycles. The maximum Gasteiger partial charge on any atom is 0.436 e. The van der Waals surface area contributed by atoms with E-state index < -0.39 is 27.8 Å². The van der Waals surface area contributed by atoms with Gasteiger partial charge in [0.25, 0.3) is 0 Å². The van der Waals surface area contributed by atoms with E-state index in [1.807, 2.05) is 0 Å². The normalized spacial score (nSPS) is 14.5. The van der Waals surface area contributed by atoms with Crippen LogP contribution in [-0.2, 0) is 24.3 Å². The zero-order valence-electron chi connectivity index (χ0n) is 6.33. The largest absolute Gasteiger partial charge is 0.768 e. The monoisotopic (exact) mass is 213 g/mol. The van der Waals surface area contributed by atoms with E-state index in [-0.39, 0.29) is 0 Å². The molecule has 0 aliphatic carbocycles. The number of aryl methyl sites for hydroxylation is 1. The predicted molar refractivity (Wildman–Crippen MR) is 35.4 cm³/mol. The highest BCUT2D eigenvalue weighted by atomic mass is 32.2. The van der Waals surface area contributed by atoms with Crippen LogP contribution in [0.1, 0.15) is 5.69 Å². The molecular formula is C5H4F3N2O2S-. The molecule has 74 valence electrons. The summed E-state index contributed by atoms with van der Waals surface area (Å²) in [5, 5.41) is 3.00. The molecule has 0 aliphatic heterocycles. The van der Waals surface area contributed by atoms with Crippen LogP contribution >= 0.6 is 0 Å². The molecule has 4 nitrogen and oxygen atoms in total. The Morgan fingerprint density at radius 2 is 2.15 bits per heavy atom. The van der Waals surface area contributed by atoms with Crippen molar-refractivity contribution in [2.24, 2.45) is 7.05 Å². The van der Waals surface area contributed by atoms with E-state index in [4.69, 9.17) is 0 Å². The van der Waals surface area contributed by atoms with Gasteiger partial charge in [0.1, 0.15) is 0 Å². The molecule has 0 amide bonds. The van der Waals surface area contributed by atoms with Crippen molar-refractivity contribution in [3.05, 3.63) is 11.9 Å². The maximum atomic E-state index is 12.1. The van der Waals surface area contributed by atoms with Crippen molar-refractivity contribution in [2.75, 3.05) is 0 Å². The Labute approximate surface area is 73.6 Å². The van der Waals surface area contributed by atoms with Crippen molar-refractivity contribution in [2.45, 2.75) is 11.1 Å². The van der Waals surface area contributed by atoms with Gasteiger partial charge in [-0.25, -0.2) is 0 Å². The molecular weight excluding hydrogens is 209 g/mol. The van der Waals surface area contributed by atoms with Crippen LogP contribution in [0.3, 0.4) is 0 Å². The van der Waals surface area contributed by atoms with Crippen molar-refractivity contribution < 1.29 is 21.9 Å². The van der Waals surface area contributed by atoms with Crippen molar-refractivity contribution >= 4 is 11.1 Å². The molecule has 1 rings (SSSR count). The molecule has 8 heteroatoms. The lowest BCUT2D eigenvalue weighted by Gasteiger charge is -2.06. The molecule has 1 aromatic rings. The molecule has 0 saturated heterocycles. The lowest BCUT2D eigenvalue weighted by Crippen LogP contribution is -2.10. The second kappa shape index (κ2) is 3.11. The fraction of sp³-hybridized carbons (Fsp3) is 0.400. The third-order valence-electron chi connectivity index (χ3n) is 1.24. The standard InChI is InChI=1S/C5H5F3N2O2S/c1-10-2-3(13(11)12)4(9-10)5(6,7)8/h2H,1H3,(H,11,12)/p-1. The van der Waals surface area contributed by atoms with Gasteiger partial charge in [-0.2, -0.15) is 18.3 Å². The van der Waals surface area contributed by atoms with Crippen molar-refractivity contribution in [1.29, 1.82) is 0 Å². The third-order valence-corrected chi connectivity index (χ3v) is 1.90. The summed E-state index contributed by atoms with van der Waals surface area (Å²) in [6, 6.07) is 0. The molecule has 0 bridgehead atoms. The number of aromatic nitrogens is 2. The lowest BCUT2D eigenvalue weighted by molar-refractivity contribution is -0.143. The van der Waals surface area contributed by atoms with Gasteiger partial charge in [-0.05, 0) is 11.1 Å². The average Bonchev–Trinajstić information content (AvgIpc) is 2.29.